The van der Waals surface area contributed by atoms with Crippen LogP contribution >= 0.6 is 0 Å². The van der Waals surface area contributed by atoms with E-state index in [1.807, 2.05) is 103 Å². The number of imidazole rings is 1. The van der Waals surface area contributed by atoms with Crippen LogP contribution in [0.2, 0.25) is 0 Å². The molecule has 0 aliphatic carbocycles. The topological polar surface area (TPSA) is 50.9 Å². The fourth-order valence-corrected chi connectivity index (χ4v) is 8.59. The van der Waals surface area contributed by atoms with Crippen molar-refractivity contribution in [3.8, 4) is 78.6 Å². The van der Waals surface area contributed by atoms with Crippen molar-refractivity contribution in [1.29, 1.82) is 0 Å². The van der Waals surface area contributed by atoms with Crippen LogP contribution in [0.5, 0.6) is 5.75 Å². The van der Waals surface area contributed by atoms with E-state index in [0.29, 0.717) is 28.2 Å². The molecule has 9 rings (SSSR count). The van der Waals surface area contributed by atoms with Gasteiger partial charge in [-0.15, -0.1) is 23.8 Å². The van der Waals surface area contributed by atoms with Gasteiger partial charge in [0.15, 0.2) is 0 Å². The van der Waals surface area contributed by atoms with Gasteiger partial charge in [0.05, 0.1) is 22.3 Å². The average molecular weight is 1050 g/mol. The molecule has 0 aliphatic rings. The Morgan fingerprint density at radius 3 is 1.88 bits per heavy atom. The van der Waals surface area contributed by atoms with Crippen molar-refractivity contribution in [3.63, 3.8) is 0 Å². The molecular formula is C61H58N3OPt-. The number of para-hydroxylation sites is 1. The van der Waals surface area contributed by atoms with Crippen LogP contribution in [0.4, 0.5) is 0 Å². The Bertz CT molecular complexity index is 3440. The first kappa shape index (κ1) is 38.9. The number of hydrogen-bond donors (Lipinski definition) is 1. The molecule has 0 spiro atoms. The third kappa shape index (κ3) is 9.09. The summed E-state index contributed by atoms with van der Waals surface area (Å²) >= 11 is 0. The summed E-state index contributed by atoms with van der Waals surface area (Å²) < 4.78 is 51.4. The van der Waals surface area contributed by atoms with Gasteiger partial charge in [-0.1, -0.05) is 200 Å². The van der Waals surface area contributed by atoms with Crippen molar-refractivity contribution in [2.75, 3.05) is 0 Å². The van der Waals surface area contributed by atoms with E-state index in [2.05, 4.69) is 94.6 Å². The summed E-state index contributed by atoms with van der Waals surface area (Å²) in [6.07, 6.45) is 1.76. The van der Waals surface area contributed by atoms with Crippen LogP contribution in [0.15, 0.2) is 164 Å². The van der Waals surface area contributed by atoms with E-state index in [-0.39, 0.29) is 37.8 Å². The summed E-state index contributed by atoms with van der Waals surface area (Å²) in [7, 11) is 0. The van der Waals surface area contributed by atoms with Crippen molar-refractivity contribution < 1.29 is 34.4 Å². The van der Waals surface area contributed by atoms with Gasteiger partial charge in [-0.05, 0) is 86.8 Å². The van der Waals surface area contributed by atoms with Crippen LogP contribution in [0, 0.1) is 12.9 Å². The number of rotatable bonds is 7. The van der Waals surface area contributed by atoms with Crippen LogP contribution in [0.1, 0.15) is 92.7 Å². The van der Waals surface area contributed by atoms with Gasteiger partial charge in [-0.3, -0.25) is 9.55 Å². The first-order valence-electron chi connectivity index (χ1n) is 25.2. The van der Waals surface area contributed by atoms with Gasteiger partial charge in [-0.2, -0.15) is 0 Å². The summed E-state index contributed by atoms with van der Waals surface area (Å²) in [5.74, 6) is 0.670. The van der Waals surface area contributed by atoms with E-state index in [9.17, 15) is 5.11 Å². The molecule has 0 saturated carbocycles. The Morgan fingerprint density at radius 1 is 0.545 bits per heavy atom. The Kier molecular flexibility index (Phi) is 10.5. The first-order valence-corrected chi connectivity index (χ1v) is 22.2. The average Bonchev–Trinajstić information content (AvgIpc) is 3.72. The zero-order valence-electron chi connectivity index (χ0n) is 44.7. The number of benzene rings is 7. The van der Waals surface area contributed by atoms with Gasteiger partial charge >= 0.3 is 0 Å². The monoisotopic (exact) mass is 1050 g/mol. The fourth-order valence-electron chi connectivity index (χ4n) is 8.59. The maximum absolute atomic E-state index is 12.6. The van der Waals surface area contributed by atoms with Crippen LogP contribution < -0.4 is 0 Å². The summed E-state index contributed by atoms with van der Waals surface area (Å²) in [6, 6.07) is 55.2. The zero-order chi connectivity index (χ0) is 50.8. The fraction of sp³-hybridized carbons (Fsp3) is 0.213. The smallest absolute Gasteiger partial charge is 0.148 e. The summed E-state index contributed by atoms with van der Waals surface area (Å²) in [5.41, 5.74) is 12.1. The Balaban J connectivity index is 0.00000693. The molecule has 0 amide bonds. The van der Waals surface area contributed by atoms with Crippen LogP contribution in [0.3, 0.4) is 0 Å². The zero-order valence-corrected chi connectivity index (χ0v) is 41.0. The second-order valence-electron chi connectivity index (χ2n) is 19.7. The standard InChI is InChI=1S/C61H58N3O.Pt/c1-39-24-26-41(27-25-39)43-30-31-62-53(35-43)46-33-44(40-18-13-11-14-19-40)32-45(34-46)49-22-17-23-55-56(49)63-58(51-37-48(60(5,6)7)38-52(57(51)65)61(8,9)10)64(55)54-29-28-47(59(2,3)4)36-50(54)42-20-15-12-16-21-42;/h11-33,35-38,65H,1-10H3;/q-1;/i1D3,2D3;. The molecule has 7 aromatic carbocycles. The molecule has 0 aliphatic heterocycles. The van der Waals surface area contributed by atoms with E-state index in [4.69, 9.17) is 18.2 Å². The first-order chi connectivity index (χ1) is 33.4. The van der Waals surface area contributed by atoms with Gasteiger partial charge in [0.2, 0.25) is 0 Å². The molecule has 0 unspecified atom stereocenters. The minimum Gasteiger partial charge on any atom is -0.507 e. The van der Waals surface area contributed by atoms with Crippen LogP contribution in [-0.4, -0.2) is 19.6 Å². The molecule has 0 bridgehead atoms. The SMILES string of the molecule is [2H]C([2H])([2H])c1ccc(-c2ccnc(-c3[c-]c(-c4cccc5c4nc(-c4cc(C(C)(C)C)cc(C(C)(C)C)c4O)n5-c4ccc(C(C)(C)C([2H])([2H])[2H])cc4-c4ccccc4)cc(-c4ccccc4)c3)c2)cc1.[Pt]. The number of fused-ring (bicyclic) bond motifs is 1. The van der Waals surface area contributed by atoms with E-state index < -0.39 is 24.5 Å². The third-order valence-electron chi connectivity index (χ3n) is 12.3. The number of nitrogens with zero attached hydrogens (tertiary/aromatic N) is 3. The number of aryl methyl sites for hydroxylation is 1. The minimum atomic E-state index is -2.28. The third-order valence-corrected chi connectivity index (χ3v) is 12.3. The molecule has 2 aromatic heterocycles. The van der Waals surface area contributed by atoms with Gasteiger partial charge in [0.1, 0.15) is 11.6 Å². The van der Waals surface area contributed by atoms with E-state index >= 15 is 0 Å². The molecule has 0 saturated heterocycles. The molecule has 9 aromatic rings. The molecular weight excluding hydrogens is 986 g/mol. The second kappa shape index (κ2) is 17.8. The van der Waals surface area contributed by atoms with Crippen molar-refractivity contribution in [2.24, 2.45) is 0 Å². The Hall–Kier alpha value is -6.35. The molecule has 1 N–H and O–H groups in total. The van der Waals surface area contributed by atoms with E-state index in [1.165, 1.54) is 0 Å². The normalized spacial score (nSPS) is 13.8. The Labute approximate surface area is 414 Å². The van der Waals surface area contributed by atoms with Crippen LogP contribution in [-0.2, 0) is 37.3 Å². The summed E-state index contributed by atoms with van der Waals surface area (Å²) in [5, 5.41) is 12.6. The maximum Gasteiger partial charge on any atom is 0.148 e. The minimum absolute atomic E-state index is 0. The van der Waals surface area contributed by atoms with Gasteiger partial charge in [-0.25, -0.2) is 4.98 Å². The predicted molar refractivity (Wildman–Crippen MR) is 273 cm³/mol. The number of hydrogen-bond acceptors (Lipinski definition) is 3. The molecule has 0 fully saturated rings. The van der Waals surface area contributed by atoms with Crippen molar-refractivity contribution in [1.82, 2.24) is 14.5 Å². The quantitative estimate of drug-likeness (QED) is 0.162. The Morgan fingerprint density at radius 2 is 1.21 bits per heavy atom. The van der Waals surface area contributed by atoms with Gasteiger partial charge in [0.25, 0.3) is 0 Å². The predicted octanol–water partition coefficient (Wildman–Crippen LogP) is 16.1. The van der Waals surface area contributed by atoms with Crippen LogP contribution in [0.25, 0.3) is 83.9 Å². The van der Waals surface area contributed by atoms with Gasteiger partial charge in [0, 0.05) is 52.3 Å². The number of phenols is 1. The van der Waals surface area contributed by atoms with E-state index in [0.717, 1.165) is 72.4 Å². The molecule has 5 heteroatoms. The molecule has 334 valence electrons. The van der Waals surface area contributed by atoms with Crippen molar-refractivity contribution in [3.05, 3.63) is 192 Å². The summed E-state index contributed by atoms with van der Waals surface area (Å²) in [4.78, 5) is 10.5. The van der Waals surface area contributed by atoms with E-state index in [1.54, 1.807) is 32.2 Å². The van der Waals surface area contributed by atoms with Crippen molar-refractivity contribution >= 4 is 11.0 Å². The number of aromatic nitrogens is 3. The molecule has 2 heterocycles. The molecule has 4 nitrogen and oxygen atoms in total. The second-order valence-corrected chi connectivity index (χ2v) is 19.7. The molecule has 0 atom stereocenters. The summed E-state index contributed by atoms with van der Waals surface area (Å²) in [6.45, 7) is 11.9. The van der Waals surface area contributed by atoms with Gasteiger partial charge < -0.3 is 5.11 Å². The number of aromatic hydroxyl groups is 1. The molecule has 0 radical (unpaired) electrons. The number of phenolic OH excluding ortho intramolecular Hbond substituents is 1. The maximum atomic E-state index is 12.6. The molecule has 66 heavy (non-hydrogen) atoms. The largest absolute Gasteiger partial charge is 0.507 e. The van der Waals surface area contributed by atoms with Crippen molar-refractivity contribution in [2.45, 2.75) is 85.3 Å². The number of pyridine rings is 1.